The molecule has 0 aliphatic rings. The van der Waals surface area contributed by atoms with Crippen LogP contribution in [0, 0.1) is 0 Å². The minimum Gasteiger partial charge on any atom is -0.494 e. The van der Waals surface area contributed by atoms with Crippen molar-refractivity contribution in [3.05, 3.63) is 54.1 Å². The lowest BCUT2D eigenvalue weighted by Gasteiger charge is -2.06. The number of unbranched alkanes of at least 4 members (excludes halogenated alkanes) is 11. The lowest BCUT2D eigenvalue weighted by Crippen LogP contribution is -2.07. The van der Waals surface area contributed by atoms with Crippen LogP contribution in [-0.2, 0) is 4.79 Å². The number of esters is 1. The molecule has 0 saturated heterocycles. The molecule has 3 aromatic rings. The maximum atomic E-state index is 12.0. The van der Waals surface area contributed by atoms with Crippen LogP contribution >= 0.6 is 11.3 Å². The van der Waals surface area contributed by atoms with Gasteiger partial charge >= 0.3 is 5.97 Å². The fraction of sp³-hybridized carbons (Fsp3) is 0.515. The number of rotatable bonds is 20. The maximum absolute atomic E-state index is 12.0. The summed E-state index contributed by atoms with van der Waals surface area (Å²) in [7, 11) is 0. The molecule has 7 heteroatoms. The summed E-state index contributed by atoms with van der Waals surface area (Å²) in [6, 6.07) is 15.4. The first-order chi connectivity index (χ1) is 19.7. The van der Waals surface area contributed by atoms with Crippen LogP contribution in [-0.4, -0.2) is 29.0 Å². The van der Waals surface area contributed by atoms with Gasteiger partial charge in [-0.25, -0.2) is 4.99 Å². The van der Waals surface area contributed by atoms with Gasteiger partial charge in [0.15, 0.2) is 0 Å². The lowest BCUT2D eigenvalue weighted by molar-refractivity contribution is -0.134. The molecule has 2 aromatic carbocycles. The second-order valence-electron chi connectivity index (χ2n) is 10.2. The zero-order chi connectivity index (χ0) is 28.3. The van der Waals surface area contributed by atoms with Crippen molar-refractivity contribution in [1.82, 2.24) is 10.2 Å². The Bertz CT molecular complexity index is 1130. The third kappa shape index (κ3) is 12.4. The predicted octanol–water partition coefficient (Wildman–Crippen LogP) is 9.74. The van der Waals surface area contributed by atoms with E-state index >= 15 is 0 Å². The van der Waals surface area contributed by atoms with E-state index in [2.05, 4.69) is 29.0 Å². The Morgan fingerprint density at radius 2 is 1.35 bits per heavy atom. The number of aromatic nitrogens is 2. The van der Waals surface area contributed by atoms with Gasteiger partial charge in [-0.1, -0.05) is 95.8 Å². The molecule has 0 fully saturated rings. The van der Waals surface area contributed by atoms with E-state index in [1.807, 2.05) is 36.4 Å². The number of carbonyl (C=O) groups is 1. The van der Waals surface area contributed by atoms with Gasteiger partial charge in [-0.15, -0.1) is 10.2 Å². The van der Waals surface area contributed by atoms with E-state index in [-0.39, 0.29) is 5.97 Å². The van der Waals surface area contributed by atoms with Crippen molar-refractivity contribution in [1.29, 1.82) is 0 Å². The third-order valence-corrected chi connectivity index (χ3v) is 7.58. The average molecular weight is 564 g/mol. The summed E-state index contributed by atoms with van der Waals surface area (Å²) < 4.78 is 11.3. The van der Waals surface area contributed by atoms with Gasteiger partial charge in [-0.05, 0) is 66.9 Å². The highest BCUT2D eigenvalue weighted by Gasteiger charge is 2.07. The molecule has 0 N–H and O–H groups in total. The van der Waals surface area contributed by atoms with Crippen molar-refractivity contribution >= 4 is 28.7 Å². The molecule has 0 radical (unpaired) electrons. The van der Waals surface area contributed by atoms with Gasteiger partial charge < -0.3 is 9.47 Å². The van der Waals surface area contributed by atoms with Crippen LogP contribution in [0.1, 0.15) is 109 Å². The van der Waals surface area contributed by atoms with E-state index in [0.29, 0.717) is 17.3 Å². The van der Waals surface area contributed by atoms with Gasteiger partial charge in [-0.2, -0.15) is 0 Å². The number of ether oxygens (including phenoxy) is 2. The second kappa shape index (κ2) is 19.1. The molecule has 1 aromatic heterocycles. The molecule has 6 nitrogen and oxygen atoms in total. The maximum Gasteiger partial charge on any atom is 0.311 e. The first-order valence-electron chi connectivity index (χ1n) is 15.1. The summed E-state index contributed by atoms with van der Waals surface area (Å²) in [6.45, 7) is 5.20. The minimum absolute atomic E-state index is 0.178. The quantitative estimate of drug-likeness (QED) is 0.0592. The van der Waals surface area contributed by atoms with E-state index in [4.69, 9.17) is 9.47 Å². The van der Waals surface area contributed by atoms with Crippen molar-refractivity contribution in [2.75, 3.05) is 6.61 Å². The van der Waals surface area contributed by atoms with Crippen molar-refractivity contribution in [2.45, 2.75) is 104 Å². The Morgan fingerprint density at radius 1 is 0.750 bits per heavy atom. The molecule has 0 amide bonds. The second-order valence-corrected chi connectivity index (χ2v) is 11.2. The van der Waals surface area contributed by atoms with Gasteiger partial charge in [0, 0.05) is 18.2 Å². The molecule has 0 bridgehead atoms. The average Bonchev–Trinajstić information content (AvgIpc) is 3.45. The third-order valence-electron chi connectivity index (χ3n) is 6.70. The van der Waals surface area contributed by atoms with Gasteiger partial charge in [0.25, 0.3) is 0 Å². The zero-order valence-electron chi connectivity index (χ0n) is 24.3. The van der Waals surface area contributed by atoms with Crippen molar-refractivity contribution < 1.29 is 14.3 Å². The van der Waals surface area contributed by atoms with Gasteiger partial charge in [0.2, 0.25) is 5.13 Å². The van der Waals surface area contributed by atoms with Gasteiger partial charge in [0.05, 0.1) is 6.61 Å². The molecule has 0 aliphatic heterocycles. The van der Waals surface area contributed by atoms with Gasteiger partial charge in [0.1, 0.15) is 16.5 Å². The number of benzene rings is 2. The molecule has 0 unspecified atom stereocenters. The van der Waals surface area contributed by atoms with Gasteiger partial charge in [-0.3, -0.25) is 4.79 Å². The largest absolute Gasteiger partial charge is 0.494 e. The smallest absolute Gasteiger partial charge is 0.311 e. The monoisotopic (exact) mass is 563 g/mol. The summed E-state index contributed by atoms with van der Waals surface area (Å²) in [6.07, 6.45) is 18.1. The Labute approximate surface area is 244 Å². The summed E-state index contributed by atoms with van der Waals surface area (Å²) >= 11 is 1.44. The Kier molecular flexibility index (Phi) is 15.0. The summed E-state index contributed by atoms with van der Waals surface area (Å²) in [5.74, 6) is 1.26. The van der Waals surface area contributed by atoms with E-state index in [1.54, 1.807) is 18.3 Å². The minimum atomic E-state index is -0.178. The molecule has 40 heavy (non-hydrogen) atoms. The normalized spacial score (nSPS) is 11.2. The number of carbonyl (C=O) groups excluding carboxylic acids is 1. The van der Waals surface area contributed by atoms with E-state index < -0.39 is 0 Å². The van der Waals surface area contributed by atoms with E-state index in [9.17, 15) is 4.79 Å². The fourth-order valence-electron chi connectivity index (χ4n) is 4.31. The van der Waals surface area contributed by atoms with E-state index in [1.165, 1.54) is 75.5 Å². The number of hydrogen-bond donors (Lipinski definition) is 0. The Hall–Kier alpha value is -3.06. The molecular formula is C33H45N3O3S. The molecule has 0 atom stereocenters. The van der Waals surface area contributed by atoms with Crippen molar-refractivity contribution in [3.63, 3.8) is 0 Å². The lowest BCUT2D eigenvalue weighted by atomic mass is 10.1. The SMILES string of the molecule is CCCCCCCCCCOc1ccc(-c2nnc(/N=C/c3ccc(OC(=O)CCCCCCC)cc3)s2)cc1. The highest BCUT2D eigenvalue weighted by Crippen LogP contribution is 2.29. The fourth-order valence-corrected chi connectivity index (χ4v) is 5.01. The number of nitrogens with zero attached hydrogens (tertiary/aromatic N) is 3. The van der Waals surface area contributed by atoms with Crippen LogP contribution in [0.25, 0.3) is 10.6 Å². The Morgan fingerprint density at radius 3 is 2.02 bits per heavy atom. The van der Waals surface area contributed by atoms with Crippen LogP contribution in [0.15, 0.2) is 53.5 Å². The topological polar surface area (TPSA) is 73.7 Å². The highest BCUT2D eigenvalue weighted by atomic mass is 32.1. The first kappa shape index (κ1) is 31.5. The number of hydrogen-bond acceptors (Lipinski definition) is 7. The Balaban J connectivity index is 1.37. The molecule has 0 spiro atoms. The van der Waals surface area contributed by atoms with Crippen LogP contribution in [0.2, 0.25) is 0 Å². The van der Waals surface area contributed by atoms with Crippen molar-refractivity contribution in [3.8, 4) is 22.1 Å². The molecule has 0 aliphatic carbocycles. The first-order valence-corrected chi connectivity index (χ1v) is 15.9. The molecule has 3 rings (SSSR count). The molecular weight excluding hydrogens is 518 g/mol. The van der Waals surface area contributed by atoms with Crippen LogP contribution < -0.4 is 9.47 Å². The predicted molar refractivity (Wildman–Crippen MR) is 166 cm³/mol. The highest BCUT2D eigenvalue weighted by molar-refractivity contribution is 7.18. The van der Waals surface area contributed by atoms with Crippen LogP contribution in [0.4, 0.5) is 5.13 Å². The summed E-state index contributed by atoms with van der Waals surface area (Å²) in [5, 5.41) is 9.91. The molecule has 216 valence electrons. The summed E-state index contributed by atoms with van der Waals surface area (Å²) in [5.41, 5.74) is 1.89. The molecule has 0 saturated carbocycles. The van der Waals surface area contributed by atoms with Crippen LogP contribution in [0.3, 0.4) is 0 Å². The van der Waals surface area contributed by atoms with E-state index in [0.717, 1.165) is 47.8 Å². The van der Waals surface area contributed by atoms with Crippen LogP contribution in [0.5, 0.6) is 11.5 Å². The molecule has 1 heterocycles. The van der Waals surface area contributed by atoms with Crippen molar-refractivity contribution in [2.24, 2.45) is 4.99 Å². The number of aliphatic imine (C=N–C) groups is 1. The summed E-state index contributed by atoms with van der Waals surface area (Å²) in [4.78, 5) is 16.5. The standard InChI is InChI=1S/C33H45N3O3S/c1-3-5-7-9-10-11-13-15-25-38-29-23-19-28(20-24-29)32-35-36-33(40-32)34-26-27-17-21-30(22-18-27)39-31(37)16-14-12-8-6-4-2/h17-24,26H,3-16,25H2,1-2H3/b34-26+. The zero-order valence-corrected chi connectivity index (χ0v) is 25.1.